The average molecular weight is 318 g/mol. The molecule has 1 saturated heterocycles. The van der Waals surface area contributed by atoms with Crippen molar-refractivity contribution in [2.75, 3.05) is 44.2 Å². The number of aliphatic hydroxyl groups is 1. The fourth-order valence-corrected chi connectivity index (χ4v) is 2.48. The third-order valence-corrected chi connectivity index (χ3v) is 3.72. The van der Waals surface area contributed by atoms with Crippen molar-refractivity contribution >= 4 is 5.95 Å². The van der Waals surface area contributed by atoms with Crippen molar-refractivity contribution in [2.45, 2.75) is 0 Å². The van der Waals surface area contributed by atoms with Crippen LogP contribution in [0.3, 0.4) is 0 Å². The third kappa shape index (κ3) is 4.14. The van der Waals surface area contributed by atoms with Gasteiger partial charge in [0.05, 0.1) is 6.61 Å². The SMILES string of the molecule is OCCN1CCN(c2nccc(Oc3ccc(F)cc3)n2)CC1. The molecule has 23 heavy (non-hydrogen) atoms. The largest absolute Gasteiger partial charge is 0.439 e. The maximum atomic E-state index is 12.9. The maximum Gasteiger partial charge on any atom is 0.228 e. The minimum atomic E-state index is -0.304. The Morgan fingerprint density at radius 1 is 1.09 bits per heavy atom. The Morgan fingerprint density at radius 2 is 1.83 bits per heavy atom. The Morgan fingerprint density at radius 3 is 2.52 bits per heavy atom. The highest BCUT2D eigenvalue weighted by atomic mass is 19.1. The number of piperazine rings is 1. The van der Waals surface area contributed by atoms with Crippen LogP contribution in [0.25, 0.3) is 0 Å². The molecule has 1 aliphatic heterocycles. The molecule has 1 aromatic carbocycles. The van der Waals surface area contributed by atoms with Gasteiger partial charge in [0.25, 0.3) is 0 Å². The fraction of sp³-hybridized carbons (Fsp3) is 0.375. The van der Waals surface area contributed by atoms with Gasteiger partial charge in [-0.3, -0.25) is 4.90 Å². The Kier molecular flexibility index (Phi) is 4.99. The van der Waals surface area contributed by atoms with E-state index in [0.717, 1.165) is 26.2 Å². The van der Waals surface area contributed by atoms with Gasteiger partial charge >= 0.3 is 0 Å². The lowest BCUT2D eigenvalue weighted by molar-refractivity contribution is 0.188. The second-order valence-corrected chi connectivity index (χ2v) is 5.30. The van der Waals surface area contributed by atoms with E-state index in [-0.39, 0.29) is 12.4 Å². The lowest BCUT2D eigenvalue weighted by atomic mass is 10.3. The van der Waals surface area contributed by atoms with Crippen LogP contribution in [0.1, 0.15) is 0 Å². The monoisotopic (exact) mass is 318 g/mol. The number of ether oxygens (including phenoxy) is 1. The van der Waals surface area contributed by atoms with Crippen LogP contribution in [0.2, 0.25) is 0 Å². The van der Waals surface area contributed by atoms with Gasteiger partial charge in [0, 0.05) is 45.0 Å². The van der Waals surface area contributed by atoms with Crippen molar-refractivity contribution < 1.29 is 14.2 Å². The van der Waals surface area contributed by atoms with E-state index in [4.69, 9.17) is 9.84 Å². The normalized spacial score (nSPS) is 15.7. The second kappa shape index (κ2) is 7.34. The Hall–Kier alpha value is -2.25. The van der Waals surface area contributed by atoms with E-state index < -0.39 is 0 Å². The number of aliphatic hydroxyl groups excluding tert-OH is 1. The number of aromatic nitrogens is 2. The number of rotatable bonds is 5. The Labute approximate surface area is 134 Å². The van der Waals surface area contributed by atoms with Gasteiger partial charge in [-0.05, 0) is 24.3 Å². The van der Waals surface area contributed by atoms with Crippen molar-refractivity contribution in [2.24, 2.45) is 0 Å². The van der Waals surface area contributed by atoms with Crippen molar-refractivity contribution in [3.63, 3.8) is 0 Å². The number of nitrogens with zero attached hydrogens (tertiary/aromatic N) is 4. The zero-order valence-corrected chi connectivity index (χ0v) is 12.7. The number of benzene rings is 1. The first-order valence-electron chi connectivity index (χ1n) is 7.59. The molecule has 1 aromatic heterocycles. The predicted octanol–water partition coefficient (Wildman–Crippen LogP) is 1.52. The fourth-order valence-electron chi connectivity index (χ4n) is 2.48. The minimum absolute atomic E-state index is 0.178. The van der Waals surface area contributed by atoms with Gasteiger partial charge in [0.1, 0.15) is 11.6 Å². The molecule has 2 aromatic rings. The smallest absolute Gasteiger partial charge is 0.228 e. The second-order valence-electron chi connectivity index (χ2n) is 5.30. The first kappa shape index (κ1) is 15.6. The molecular weight excluding hydrogens is 299 g/mol. The summed E-state index contributed by atoms with van der Waals surface area (Å²) in [5.74, 6) is 1.28. The standard InChI is InChI=1S/C16H19FN4O2/c17-13-1-3-14(4-2-13)23-15-5-6-18-16(19-15)21-9-7-20(8-10-21)11-12-22/h1-6,22H,7-12H2. The molecule has 1 N–H and O–H groups in total. The van der Waals surface area contributed by atoms with E-state index in [2.05, 4.69) is 19.8 Å². The zero-order valence-electron chi connectivity index (χ0n) is 12.7. The highest BCUT2D eigenvalue weighted by molar-refractivity contribution is 5.34. The molecule has 0 bridgehead atoms. The Balaban J connectivity index is 1.64. The molecule has 0 amide bonds. The van der Waals surface area contributed by atoms with Gasteiger partial charge in [-0.25, -0.2) is 9.37 Å². The van der Waals surface area contributed by atoms with E-state index in [1.807, 2.05) is 0 Å². The highest BCUT2D eigenvalue weighted by Gasteiger charge is 2.18. The third-order valence-electron chi connectivity index (χ3n) is 3.72. The summed E-state index contributed by atoms with van der Waals surface area (Å²) in [6, 6.07) is 7.49. The molecule has 2 heterocycles. The van der Waals surface area contributed by atoms with Crippen LogP contribution < -0.4 is 9.64 Å². The summed E-state index contributed by atoms with van der Waals surface area (Å²) in [6.07, 6.45) is 1.65. The van der Waals surface area contributed by atoms with Crippen LogP contribution in [0.5, 0.6) is 11.6 Å². The topological polar surface area (TPSA) is 61.7 Å². The Bertz CT molecular complexity index is 630. The van der Waals surface area contributed by atoms with Crippen molar-refractivity contribution in [1.82, 2.24) is 14.9 Å². The highest BCUT2D eigenvalue weighted by Crippen LogP contribution is 2.21. The van der Waals surface area contributed by atoms with Crippen molar-refractivity contribution in [3.8, 4) is 11.6 Å². The lowest BCUT2D eigenvalue weighted by Crippen LogP contribution is -2.47. The van der Waals surface area contributed by atoms with Crippen LogP contribution in [-0.4, -0.2) is 59.3 Å². The van der Waals surface area contributed by atoms with Crippen LogP contribution >= 0.6 is 0 Å². The molecule has 3 rings (SSSR count). The summed E-state index contributed by atoms with van der Waals surface area (Å²) in [6.45, 7) is 4.22. The van der Waals surface area contributed by atoms with E-state index in [9.17, 15) is 4.39 Å². The summed E-state index contributed by atoms with van der Waals surface area (Å²) in [5, 5.41) is 8.98. The number of β-amino-alcohol motifs (C(OH)–C–C–N with tert-alkyl or cyclic N) is 1. The zero-order chi connectivity index (χ0) is 16.1. The van der Waals surface area contributed by atoms with Gasteiger partial charge < -0.3 is 14.7 Å². The van der Waals surface area contributed by atoms with E-state index in [1.165, 1.54) is 12.1 Å². The molecule has 122 valence electrons. The van der Waals surface area contributed by atoms with Crippen LogP contribution in [0.15, 0.2) is 36.5 Å². The number of anilines is 1. The van der Waals surface area contributed by atoms with Gasteiger partial charge in [0.15, 0.2) is 0 Å². The first-order chi connectivity index (χ1) is 11.2. The molecule has 0 spiro atoms. The molecule has 0 radical (unpaired) electrons. The summed E-state index contributed by atoms with van der Waals surface area (Å²) in [7, 11) is 0. The number of halogens is 1. The molecular formula is C16H19FN4O2. The van der Waals surface area contributed by atoms with E-state index >= 15 is 0 Å². The molecule has 0 saturated carbocycles. The number of hydrogen-bond acceptors (Lipinski definition) is 6. The van der Waals surface area contributed by atoms with Crippen LogP contribution in [-0.2, 0) is 0 Å². The van der Waals surface area contributed by atoms with E-state index in [1.54, 1.807) is 24.4 Å². The summed E-state index contributed by atoms with van der Waals surface area (Å²) < 4.78 is 18.5. The quantitative estimate of drug-likeness (QED) is 0.902. The van der Waals surface area contributed by atoms with Crippen molar-refractivity contribution in [1.29, 1.82) is 0 Å². The number of hydrogen-bond donors (Lipinski definition) is 1. The summed E-state index contributed by atoms with van der Waals surface area (Å²) in [5.41, 5.74) is 0. The minimum Gasteiger partial charge on any atom is -0.439 e. The van der Waals surface area contributed by atoms with Crippen LogP contribution in [0.4, 0.5) is 10.3 Å². The van der Waals surface area contributed by atoms with Gasteiger partial charge in [-0.2, -0.15) is 4.98 Å². The maximum absolute atomic E-state index is 12.9. The van der Waals surface area contributed by atoms with Gasteiger partial charge in [-0.1, -0.05) is 0 Å². The molecule has 1 fully saturated rings. The van der Waals surface area contributed by atoms with Gasteiger partial charge in [-0.15, -0.1) is 0 Å². The van der Waals surface area contributed by atoms with E-state index in [0.29, 0.717) is 24.1 Å². The molecule has 6 nitrogen and oxygen atoms in total. The molecule has 1 aliphatic rings. The summed E-state index contributed by atoms with van der Waals surface area (Å²) in [4.78, 5) is 13.0. The lowest BCUT2D eigenvalue weighted by Gasteiger charge is -2.34. The van der Waals surface area contributed by atoms with Crippen LogP contribution in [0, 0.1) is 5.82 Å². The molecule has 7 heteroatoms. The summed E-state index contributed by atoms with van der Waals surface area (Å²) >= 11 is 0. The predicted molar refractivity (Wildman–Crippen MR) is 84.2 cm³/mol. The average Bonchev–Trinajstić information content (AvgIpc) is 2.58. The molecule has 0 atom stereocenters. The van der Waals surface area contributed by atoms with Crippen molar-refractivity contribution in [3.05, 3.63) is 42.3 Å². The van der Waals surface area contributed by atoms with Gasteiger partial charge in [0.2, 0.25) is 11.8 Å². The molecule has 0 unspecified atom stereocenters. The molecule has 0 aliphatic carbocycles. The first-order valence-corrected chi connectivity index (χ1v) is 7.59.